The van der Waals surface area contributed by atoms with Gasteiger partial charge in [0.1, 0.15) is 17.3 Å². The number of carbonyl (C=O) groups is 2. The van der Waals surface area contributed by atoms with E-state index in [9.17, 15) is 24.8 Å². The number of nitrogens with zero attached hydrogens (tertiary/aromatic N) is 4. The fraction of sp³-hybridized carbons (Fsp3) is 0.263. The molecule has 0 fully saturated rings. The van der Waals surface area contributed by atoms with Crippen LogP contribution in [0.1, 0.15) is 31.8 Å². The van der Waals surface area contributed by atoms with Gasteiger partial charge in [0, 0.05) is 5.56 Å². The summed E-state index contributed by atoms with van der Waals surface area (Å²) in [7, 11) is 2.35. The van der Waals surface area contributed by atoms with Crippen LogP contribution in [0.5, 0.6) is 5.88 Å². The average molecular weight is 414 g/mol. The Balaban J connectivity index is 2.71. The monoisotopic (exact) mass is 414 g/mol. The van der Waals surface area contributed by atoms with E-state index in [2.05, 4.69) is 19.7 Å². The number of aliphatic hydroxyl groups excluding tert-OH is 1. The molecular weight excluding hydrogens is 396 g/mol. The van der Waals surface area contributed by atoms with Crippen LogP contribution in [-0.2, 0) is 16.0 Å². The van der Waals surface area contributed by atoms with Gasteiger partial charge in [0.2, 0.25) is 5.88 Å². The molecule has 156 valence electrons. The van der Waals surface area contributed by atoms with Crippen molar-refractivity contribution in [3.05, 3.63) is 50.8 Å². The van der Waals surface area contributed by atoms with E-state index in [4.69, 9.17) is 5.11 Å². The first kappa shape index (κ1) is 22.3. The van der Waals surface area contributed by atoms with Crippen molar-refractivity contribution in [1.29, 1.82) is 5.26 Å². The molecule has 0 aliphatic carbocycles. The van der Waals surface area contributed by atoms with Gasteiger partial charge in [-0.25, -0.2) is 9.59 Å². The summed E-state index contributed by atoms with van der Waals surface area (Å²) in [6.07, 6.45) is 0. The minimum Gasteiger partial charge on any atom is -0.493 e. The van der Waals surface area contributed by atoms with Gasteiger partial charge in [-0.15, -0.1) is 10.2 Å². The molecule has 2 N–H and O–H groups in total. The predicted octanol–water partition coefficient (Wildman–Crippen LogP) is 1.71. The molecule has 0 amide bonds. The van der Waals surface area contributed by atoms with E-state index in [-0.39, 0.29) is 40.2 Å². The molecule has 0 aliphatic rings. The summed E-state index contributed by atoms with van der Waals surface area (Å²) in [4.78, 5) is 36.4. The first-order valence-electron chi connectivity index (χ1n) is 8.50. The Bertz CT molecular complexity index is 1130. The molecule has 1 aromatic carbocycles. The molecule has 0 bridgehead atoms. The number of rotatable bonds is 6. The molecule has 11 heteroatoms. The van der Waals surface area contributed by atoms with Crippen molar-refractivity contribution >= 4 is 23.3 Å². The SMILES string of the molecule is COC(=O)c1ccc(C(=O)OC)c(N=Nc2c(C)c(C#N)c(O)n(CCO)c2=O)c1. The topological polar surface area (TPSA) is 164 Å². The number of hydrogen-bond donors (Lipinski definition) is 2. The van der Waals surface area contributed by atoms with Gasteiger partial charge in [0.25, 0.3) is 5.56 Å². The molecule has 0 saturated heterocycles. The molecule has 2 aromatic rings. The summed E-state index contributed by atoms with van der Waals surface area (Å²) >= 11 is 0. The van der Waals surface area contributed by atoms with Crippen molar-refractivity contribution in [2.45, 2.75) is 13.5 Å². The molecule has 30 heavy (non-hydrogen) atoms. The molecule has 0 aliphatic heterocycles. The maximum atomic E-state index is 12.6. The molecule has 1 aromatic heterocycles. The van der Waals surface area contributed by atoms with Gasteiger partial charge in [-0.2, -0.15) is 5.26 Å². The van der Waals surface area contributed by atoms with Gasteiger partial charge >= 0.3 is 11.9 Å². The molecule has 11 nitrogen and oxygen atoms in total. The van der Waals surface area contributed by atoms with Crippen LogP contribution < -0.4 is 5.56 Å². The summed E-state index contributed by atoms with van der Waals surface area (Å²) in [6, 6.07) is 5.63. The van der Waals surface area contributed by atoms with E-state index in [0.717, 1.165) is 11.7 Å². The number of aliphatic hydroxyl groups is 1. The van der Waals surface area contributed by atoms with E-state index in [0.29, 0.717) is 0 Å². The van der Waals surface area contributed by atoms with Crippen molar-refractivity contribution in [2.24, 2.45) is 10.2 Å². The van der Waals surface area contributed by atoms with Crippen molar-refractivity contribution in [3.8, 4) is 11.9 Å². The maximum Gasteiger partial charge on any atom is 0.340 e. The van der Waals surface area contributed by atoms with E-state index in [1.165, 1.54) is 32.2 Å². The largest absolute Gasteiger partial charge is 0.493 e. The van der Waals surface area contributed by atoms with Crippen LogP contribution in [0.25, 0.3) is 0 Å². The quantitative estimate of drug-likeness (QED) is 0.533. The Morgan fingerprint density at radius 3 is 2.43 bits per heavy atom. The number of azo groups is 1. The highest BCUT2D eigenvalue weighted by Gasteiger charge is 2.20. The fourth-order valence-corrected chi connectivity index (χ4v) is 2.61. The van der Waals surface area contributed by atoms with Crippen LogP contribution in [0.4, 0.5) is 11.4 Å². The van der Waals surface area contributed by atoms with Crippen molar-refractivity contribution in [2.75, 3.05) is 20.8 Å². The summed E-state index contributed by atoms with van der Waals surface area (Å²) in [5.41, 5.74) is -1.26. The highest BCUT2D eigenvalue weighted by molar-refractivity contribution is 5.98. The lowest BCUT2D eigenvalue weighted by Crippen LogP contribution is -2.23. The molecule has 0 saturated carbocycles. The normalized spacial score (nSPS) is 10.6. The Morgan fingerprint density at radius 2 is 1.87 bits per heavy atom. The number of aromatic nitrogens is 1. The lowest BCUT2D eigenvalue weighted by molar-refractivity contribution is 0.0587. The van der Waals surface area contributed by atoms with E-state index < -0.39 is 30.0 Å². The molecule has 1 heterocycles. The highest BCUT2D eigenvalue weighted by Crippen LogP contribution is 2.28. The number of nitriles is 1. The zero-order chi connectivity index (χ0) is 22.4. The fourth-order valence-electron chi connectivity index (χ4n) is 2.61. The lowest BCUT2D eigenvalue weighted by Gasteiger charge is -2.11. The minimum atomic E-state index is -0.800. The van der Waals surface area contributed by atoms with Gasteiger partial charge in [0.05, 0.1) is 38.5 Å². The van der Waals surface area contributed by atoms with Gasteiger partial charge < -0.3 is 19.7 Å². The average Bonchev–Trinajstić information content (AvgIpc) is 2.75. The second-order valence-electron chi connectivity index (χ2n) is 5.88. The summed E-state index contributed by atoms with van der Waals surface area (Å²) < 4.78 is 10.1. The molecule has 0 unspecified atom stereocenters. The zero-order valence-electron chi connectivity index (χ0n) is 16.4. The lowest BCUT2D eigenvalue weighted by atomic mass is 10.1. The number of aromatic hydroxyl groups is 1. The summed E-state index contributed by atoms with van der Waals surface area (Å²) in [5, 5.41) is 36.3. The summed E-state index contributed by atoms with van der Waals surface area (Å²) in [5.74, 6) is -2.03. The standard InChI is InChI=1S/C19H18N4O7/c1-10-13(9-20)16(25)23(6-7-24)17(26)15(10)22-21-14-8-11(18(27)29-2)4-5-12(14)19(28)30-3/h4-5,8,24-25H,6-7H2,1-3H3. The Morgan fingerprint density at radius 1 is 1.20 bits per heavy atom. The third kappa shape index (κ3) is 4.18. The van der Waals surface area contributed by atoms with Crippen LogP contribution in [0, 0.1) is 18.3 Å². The van der Waals surface area contributed by atoms with Crippen LogP contribution >= 0.6 is 0 Å². The van der Waals surface area contributed by atoms with Gasteiger partial charge in [-0.3, -0.25) is 9.36 Å². The third-order valence-electron chi connectivity index (χ3n) is 4.17. The number of esters is 2. The van der Waals surface area contributed by atoms with Gasteiger partial charge in [0.15, 0.2) is 5.69 Å². The summed E-state index contributed by atoms with van der Waals surface area (Å²) in [6.45, 7) is 0.655. The molecule has 2 rings (SSSR count). The number of pyridine rings is 1. The van der Waals surface area contributed by atoms with Crippen molar-refractivity contribution < 1.29 is 29.3 Å². The van der Waals surface area contributed by atoms with E-state index in [1.807, 2.05) is 0 Å². The molecule has 0 radical (unpaired) electrons. The predicted molar refractivity (Wildman–Crippen MR) is 102 cm³/mol. The molecule has 0 atom stereocenters. The second-order valence-corrected chi connectivity index (χ2v) is 5.88. The van der Waals surface area contributed by atoms with Crippen molar-refractivity contribution in [3.63, 3.8) is 0 Å². The first-order valence-corrected chi connectivity index (χ1v) is 8.50. The van der Waals surface area contributed by atoms with E-state index >= 15 is 0 Å². The van der Waals surface area contributed by atoms with Gasteiger partial charge in [-0.05, 0) is 25.1 Å². The van der Waals surface area contributed by atoms with Crippen LogP contribution in [0.2, 0.25) is 0 Å². The number of ether oxygens (including phenoxy) is 2. The Kier molecular flexibility index (Phi) is 7.00. The minimum absolute atomic E-state index is 0.0264. The van der Waals surface area contributed by atoms with Crippen molar-refractivity contribution in [1.82, 2.24) is 4.57 Å². The van der Waals surface area contributed by atoms with E-state index in [1.54, 1.807) is 6.07 Å². The van der Waals surface area contributed by atoms with Gasteiger partial charge in [-0.1, -0.05) is 0 Å². The van der Waals surface area contributed by atoms with Crippen LogP contribution in [-0.4, -0.2) is 47.5 Å². The second kappa shape index (κ2) is 9.44. The number of benzene rings is 1. The molecule has 0 spiro atoms. The number of methoxy groups -OCH3 is 2. The smallest absolute Gasteiger partial charge is 0.340 e. The number of hydrogen-bond acceptors (Lipinski definition) is 10. The third-order valence-corrected chi connectivity index (χ3v) is 4.17. The van der Waals surface area contributed by atoms with Crippen LogP contribution in [0.15, 0.2) is 33.2 Å². The first-order chi connectivity index (χ1) is 14.3. The molecular formula is C19H18N4O7. The maximum absolute atomic E-state index is 12.6. The zero-order valence-corrected chi connectivity index (χ0v) is 16.4. The highest BCUT2D eigenvalue weighted by atomic mass is 16.5. The van der Waals surface area contributed by atoms with Crippen LogP contribution in [0.3, 0.4) is 0 Å². The Labute approximate surface area is 170 Å². The Hall–Kier alpha value is -4.04. The number of carbonyl (C=O) groups excluding carboxylic acids is 2.